The molecule has 3 aromatic carbocycles. The van der Waals surface area contributed by atoms with Gasteiger partial charge in [-0.25, -0.2) is 0 Å². The number of amides is 2. The number of rotatable bonds is 11. The third kappa shape index (κ3) is 7.51. The zero-order chi connectivity index (χ0) is 26.9. The summed E-state index contributed by atoms with van der Waals surface area (Å²) in [6.45, 7) is 5.33. The average Bonchev–Trinajstić information content (AvgIpc) is 2.94. The number of fused-ring (bicyclic) bond motifs is 1. The molecule has 1 aliphatic rings. The van der Waals surface area contributed by atoms with E-state index in [1.807, 2.05) is 80.6 Å². The van der Waals surface area contributed by atoms with Crippen LogP contribution >= 0.6 is 11.6 Å². The van der Waals surface area contributed by atoms with E-state index >= 15 is 0 Å². The molecule has 0 radical (unpaired) electrons. The summed E-state index contributed by atoms with van der Waals surface area (Å²) in [6, 6.07) is 22.4. The molecule has 2 unspecified atom stereocenters. The zero-order valence-electron chi connectivity index (χ0n) is 22.0. The van der Waals surface area contributed by atoms with E-state index in [4.69, 9.17) is 21.1 Å². The highest BCUT2D eigenvalue weighted by molar-refractivity contribution is 6.30. The standard InChI is InChI=1S/C31H35ClN2O4/c1-3-22(2)33-31(36)27(19-23-8-5-4-6-9-23)34(21-25-10-7-11-26(32)18-25)30(35)15-13-24-12-14-28-29(20-24)38-17-16-37-28/h4-12,14,18,20,22,27H,3,13,15-17,19,21H2,1-2H3,(H,33,36). The fourth-order valence-corrected chi connectivity index (χ4v) is 4.68. The quantitative estimate of drug-likeness (QED) is 0.348. The second kappa shape index (κ2) is 13.3. The van der Waals surface area contributed by atoms with Crippen molar-refractivity contribution in [2.75, 3.05) is 13.2 Å². The first-order valence-electron chi connectivity index (χ1n) is 13.2. The maximum absolute atomic E-state index is 13.8. The van der Waals surface area contributed by atoms with E-state index < -0.39 is 6.04 Å². The van der Waals surface area contributed by atoms with E-state index in [9.17, 15) is 9.59 Å². The SMILES string of the molecule is CCC(C)NC(=O)C(Cc1ccccc1)N(Cc1cccc(Cl)c1)C(=O)CCc1ccc2c(c1)OCCO2. The molecule has 1 heterocycles. The summed E-state index contributed by atoms with van der Waals surface area (Å²) in [7, 11) is 0. The van der Waals surface area contributed by atoms with Gasteiger partial charge in [-0.05, 0) is 60.7 Å². The number of carbonyl (C=O) groups excluding carboxylic acids is 2. The van der Waals surface area contributed by atoms with Crippen LogP contribution in [0.1, 0.15) is 43.4 Å². The van der Waals surface area contributed by atoms with E-state index in [0.29, 0.717) is 36.8 Å². The van der Waals surface area contributed by atoms with Crippen LogP contribution in [0.25, 0.3) is 0 Å². The summed E-state index contributed by atoms with van der Waals surface area (Å²) in [5.41, 5.74) is 2.85. The Hall–Kier alpha value is -3.51. The molecule has 1 aliphatic heterocycles. The second-order valence-electron chi connectivity index (χ2n) is 9.65. The lowest BCUT2D eigenvalue weighted by atomic mass is 10.0. The van der Waals surface area contributed by atoms with E-state index in [1.54, 1.807) is 11.0 Å². The Morgan fingerprint density at radius 3 is 2.39 bits per heavy atom. The minimum Gasteiger partial charge on any atom is -0.486 e. The first-order chi connectivity index (χ1) is 18.4. The molecule has 4 rings (SSSR count). The van der Waals surface area contributed by atoms with Crippen LogP contribution in [0.3, 0.4) is 0 Å². The van der Waals surface area contributed by atoms with Gasteiger partial charge in [0, 0.05) is 30.5 Å². The molecule has 1 N–H and O–H groups in total. The fraction of sp³-hybridized carbons (Fsp3) is 0.355. The predicted molar refractivity (Wildman–Crippen MR) is 150 cm³/mol. The van der Waals surface area contributed by atoms with Gasteiger partial charge in [-0.3, -0.25) is 9.59 Å². The Morgan fingerprint density at radius 1 is 0.921 bits per heavy atom. The third-order valence-corrected chi connectivity index (χ3v) is 6.98. The fourth-order valence-electron chi connectivity index (χ4n) is 4.47. The minimum atomic E-state index is -0.668. The van der Waals surface area contributed by atoms with Crippen molar-refractivity contribution in [1.29, 1.82) is 0 Å². The molecular formula is C31H35ClN2O4. The first-order valence-corrected chi connectivity index (χ1v) is 13.6. The molecule has 0 aliphatic carbocycles. The lowest BCUT2D eigenvalue weighted by Crippen LogP contribution is -2.52. The topological polar surface area (TPSA) is 67.9 Å². The highest BCUT2D eigenvalue weighted by Gasteiger charge is 2.31. The Labute approximate surface area is 229 Å². The molecule has 7 heteroatoms. The van der Waals surface area contributed by atoms with Crippen LogP contribution in [0, 0.1) is 0 Å². The summed E-state index contributed by atoms with van der Waals surface area (Å²) in [6.07, 6.45) is 1.99. The lowest BCUT2D eigenvalue weighted by molar-refractivity contribution is -0.141. The van der Waals surface area contributed by atoms with Gasteiger partial charge in [-0.1, -0.05) is 67.1 Å². The largest absolute Gasteiger partial charge is 0.486 e. The van der Waals surface area contributed by atoms with Crippen LogP contribution in [-0.4, -0.2) is 42.0 Å². The number of nitrogens with one attached hydrogen (secondary N) is 1. The van der Waals surface area contributed by atoms with Gasteiger partial charge in [-0.15, -0.1) is 0 Å². The predicted octanol–water partition coefficient (Wildman–Crippen LogP) is 5.60. The van der Waals surface area contributed by atoms with E-state index in [1.165, 1.54) is 0 Å². The van der Waals surface area contributed by atoms with Gasteiger partial charge < -0.3 is 19.7 Å². The molecular weight excluding hydrogens is 500 g/mol. The number of aryl methyl sites for hydroxylation is 1. The molecule has 2 amide bonds. The Bertz CT molecular complexity index is 1230. The van der Waals surface area contributed by atoms with Crippen LogP contribution in [0.2, 0.25) is 5.02 Å². The van der Waals surface area contributed by atoms with Crippen molar-refractivity contribution in [2.24, 2.45) is 0 Å². The molecule has 38 heavy (non-hydrogen) atoms. The average molecular weight is 535 g/mol. The Kier molecular flexibility index (Phi) is 9.66. The van der Waals surface area contributed by atoms with Crippen LogP contribution in [0.15, 0.2) is 72.8 Å². The highest BCUT2D eigenvalue weighted by Crippen LogP contribution is 2.31. The van der Waals surface area contributed by atoms with Crippen molar-refractivity contribution in [3.05, 3.63) is 94.5 Å². The van der Waals surface area contributed by atoms with Crippen molar-refractivity contribution in [1.82, 2.24) is 10.2 Å². The normalized spacial score (nSPS) is 13.9. The van der Waals surface area contributed by atoms with Gasteiger partial charge in [0.25, 0.3) is 0 Å². The molecule has 0 saturated heterocycles. The van der Waals surface area contributed by atoms with Gasteiger partial charge in [0.15, 0.2) is 11.5 Å². The number of hydrogen-bond acceptors (Lipinski definition) is 4. The summed E-state index contributed by atoms with van der Waals surface area (Å²) >= 11 is 6.26. The summed E-state index contributed by atoms with van der Waals surface area (Å²) in [5.74, 6) is 1.17. The van der Waals surface area contributed by atoms with Crippen molar-refractivity contribution < 1.29 is 19.1 Å². The maximum atomic E-state index is 13.8. The maximum Gasteiger partial charge on any atom is 0.243 e. The van der Waals surface area contributed by atoms with Crippen molar-refractivity contribution >= 4 is 23.4 Å². The van der Waals surface area contributed by atoms with Gasteiger partial charge >= 0.3 is 0 Å². The Morgan fingerprint density at radius 2 is 1.66 bits per heavy atom. The summed E-state index contributed by atoms with van der Waals surface area (Å²) in [5, 5.41) is 3.69. The lowest BCUT2D eigenvalue weighted by Gasteiger charge is -2.32. The van der Waals surface area contributed by atoms with Crippen LogP contribution in [-0.2, 0) is 29.0 Å². The molecule has 0 saturated carbocycles. The van der Waals surface area contributed by atoms with Crippen LogP contribution in [0.4, 0.5) is 0 Å². The molecule has 0 fully saturated rings. The number of halogens is 1. The van der Waals surface area contributed by atoms with Gasteiger partial charge in [0.2, 0.25) is 11.8 Å². The first kappa shape index (κ1) is 27.5. The van der Waals surface area contributed by atoms with Gasteiger partial charge in [-0.2, -0.15) is 0 Å². The molecule has 0 bridgehead atoms. The van der Waals surface area contributed by atoms with E-state index in [-0.39, 0.29) is 30.8 Å². The van der Waals surface area contributed by atoms with Crippen molar-refractivity contribution in [2.45, 2.75) is 58.2 Å². The number of hydrogen-bond donors (Lipinski definition) is 1. The molecule has 0 spiro atoms. The van der Waals surface area contributed by atoms with E-state index in [0.717, 1.165) is 28.9 Å². The Balaban J connectivity index is 1.60. The smallest absolute Gasteiger partial charge is 0.243 e. The molecule has 3 aromatic rings. The number of nitrogens with zero attached hydrogens (tertiary/aromatic N) is 1. The second-order valence-corrected chi connectivity index (χ2v) is 10.1. The van der Waals surface area contributed by atoms with Crippen LogP contribution in [0.5, 0.6) is 11.5 Å². The van der Waals surface area contributed by atoms with Crippen molar-refractivity contribution in [3.63, 3.8) is 0 Å². The number of ether oxygens (including phenoxy) is 2. The highest BCUT2D eigenvalue weighted by atomic mass is 35.5. The minimum absolute atomic E-state index is 0.00149. The molecule has 2 atom stereocenters. The molecule has 200 valence electrons. The molecule has 0 aromatic heterocycles. The van der Waals surface area contributed by atoms with Gasteiger partial charge in [0.05, 0.1) is 0 Å². The summed E-state index contributed by atoms with van der Waals surface area (Å²) in [4.78, 5) is 29.1. The molecule has 6 nitrogen and oxygen atoms in total. The van der Waals surface area contributed by atoms with Gasteiger partial charge in [0.1, 0.15) is 19.3 Å². The zero-order valence-corrected chi connectivity index (χ0v) is 22.7. The van der Waals surface area contributed by atoms with Crippen LogP contribution < -0.4 is 14.8 Å². The number of benzene rings is 3. The van der Waals surface area contributed by atoms with E-state index in [2.05, 4.69) is 5.32 Å². The van der Waals surface area contributed by atoms with Crippen molar-refractivity contribution in [3.8, 4) is 11.5 Å². The third-order valence-electron chi connectivity index (χ3n) is 6.75. The summed E-state index contributed by atoms with van der Waals surface area (Å²) < 4.78 is 11.3. The number of carbonyl (C=O) groups is 2. The monoisotopic (exact) mass is 534 g/mol.